The highest BCUT2D eigenvalue weighted by molar-refractivity contribution is 5.82. The second kappa shape index (κ2) is 4.19. The van der Waals surface area contributed by atoms with E-state index in [0.717, 1.165) is 0 Å². The summed E-state index contributed by atoms with van der Waals surface area (Å²) in [5.41, 5.74) is 2.63. The molecule has 0 saturated carbocycles. The summed E-state index contributed by atoms with van der Waals surface area (Å²) in [4.78, 5) is 17.6. The highest BCUT2D eigenvalue weighted by atomic mass is 19.4. The van der Waals surface area contributed by atoms with Crippen LogP contribution in [0.5, 0.6) is 6.01 Å². The van der Waals surface area contributed by atoms with Gasteiger partial charge in [0.2, 0.25) is 0 Å². The van der Waals surface area contributed by atoms with Gasteiger partial charge in [0.25, 0.3) is 5.91 Å². The molecule has 1 aromatic heterocycles. The minimum atomic E-state index is -4.52. The van der Waals surface area contributed by atoms with Crippen molar-refractivity contribution in [2.75, 3.05) is 0 Å². The molecule has 1 heterocycles. The fraction of sp³-hybridized carbons (Fsp3) is 0.444. The molecule has 5 nitrogen and oxygen atoms in total. The molecule has 94 valence electrons. The van der Waals surface area contributed by atoms with Gasteiger partial charge in [-0.2, -0.15) is 13.2 Å². The zero-order valence-corrected chi connectivity index (χ0v) is 9.08. The van der Waals surface area contributed by atoms with Crippen molar-refractivity contribution in [1.82, 2.24) is 9.97 Å². The van der Waals surface area contributed by atoms with Crippen molar-refractivity contribution in [3.05, 3.63) is 18.0 Å². The number of amides is 1. The zero-order chi connectivity index (χ0) is 13.3. The molecule has 0 unspecified atom stereocenters. The van der Waals surface area contributed by atoms with Gasteiger partial charge in [0.05, 0.1) is 5.56 Å². The second-order valence-corrected chi connectivity index (χ2v) is 3.73. The number of nitrogens with two attached hydrogens (primary N) is 1. The minimum Gasteiger partial charge on any atom is -0.447 e. The standard InChI is InChI=1S/C9H10F3N3O2/c1-8(2,6(13)16)17-7-14-3-5(4-15-7)9(10,11)12/h3-4H,1-2H3,(H2,13,16). The number of halogens is 3. The normalized spacial score (nSPS) is 12.3. The summed E-state index contributed by atoms with van der Waals surface area (Å²) < 4.78 is 41.5. The first-order valence-corrected chi connectivity index (χ1v) is 4.51. The van der Waals surface area contributed by atoms with E-state index >= 15 is 0 Å². The monoisotopic (exact) mass is 249 g/mol. The SMILES string of the molecule is CC(C)(Oc1ncc(C(F)(F)F)cn1)C(N)=O. The van der Waals surface area contributed by atoms with Gasteiger partial charge in [0.1, 0.15) is 0 Å². The molecular formula is C9H10F3N3O2. The van der Waals surface area contributed by atoms with Gasteiger partial charge in [-0.1, -0.05) is 0 Å². The van der Waals surface area contributed by atoms with E-state index in [2.05, 4.69) is 9.97 Å². The summed E-state index contributed by atoms with van der Waals surface area (Å²) in [6.07, 6.45) is -3.38. The quantitative estimate of drug-likeness (QED) is 0.871. The highest BCUT2D eigenvalue weighted by Gasteiger charge is 2.32. The fourth-order valence-corrected chi connectivity index (χ4v) is 0.794. The Balaban J connectivity index is 2.86. The Labute approximate surface area is 94.8 Å². The molecule has 17 heavy (non-hydrogen) atoms. The van der Waals surface area contributed by atoms with Crippen LogP contribution in [0.1, 0.15) is 19.4 Å². The lowest BCUT2D eigenvalue weighted by Crippen LogP contribution is -2.43. The van der Waals surface area contributed by atoms with Gasteiger partial charge in [0, 0.05) is 12.4 Å². The smallest absolute Gasteiger partial charge is 0.419 e. The van der Waals surface area contributed by atoms with E-state index in [0.29, 0.717) is 12.4 Å². The molecule has 0 aromatic carbocycles. The van der Waals surface area contributed by atoms with E-state index in [1.54, 1.807) is 0 Å². The first kappa shape index (κ1) is 13.2. The average Bonchev–Trinajstić information content (AvgIpc) is 2.16. The van der Waals surface area contributed by atoms with E-state index in [1.807, 2.05) is 0 Å². The number of ether oxygens (including phenoxy) is 1. The predicted octanol–water partition coefficient (Wildman–Crippen LogP) is 1.14. The van der Waals surface area contributed by atoms with E-state index < -0.39 is 23.2 Å². The average molecular weight is 249 g/mol. The van der Waals surface area contributed by atoms with Gasteiger partial charge >= 0.3 is 12.2 Å². The van der Waals surface area contributed by atoms with Gasteiger partial charge in [-0.25, -0.2) is 9.97 Å². The summed E-state index contributed by atoms with van der Waals surface area (Å²) in [5, 5.41) is 0. The maximum atomic E-state index is 12.2. The Morgan fingerprint density at radius 1 is 1.29 bits per heavy atom. The molecule has 0 atom stereocenters. The molecule has 0 aliphatic rings. The summed E-state index contributed by atoms with van der Waals surface area (Å²) in [7, 11) is 0. The van der Waals surface area contributed by atoms with E-state index in [1.165, 1.54) is 13.8 Å². The van der Waals surface area contributed by atoms with E-state index in [-0.39, 0.29) is 6.01 Å². The molecule has 0 bridgehead atoms. The number of carbonyl (C=O) groups excluding carboxylic acids is 1. The van der Waals surface area contributed by atoms with Crippen LogP contribution in [-0.4, -0.2) is 21.5 Å². The molecule has 0 radical (unpaired) electrons. The highest BCUT2D eigenvalue weighted by Crippen LogP contribution is 2.28. The van der Waals surface area contributed by atoms with Crippen LogP contribution in [-0.2, 0) is 11.0 Å². The maximum absolute atomic E-state index is 12.2. The number of aromatic nitrogens is 2. The first-order valence-electron chi connectivity index (χ1n) is 4.51. The maximum Gasteiger partial charge on any atom is 0.419 e. The second-order valence-electron chi connectivity index (χ2n) is 3.73. The molecule has 8 heteroatoms. The van der Waals surface area contributed by atoms with Crippen molar-refractivity contribution in [2.24, 2.45) is 5.73 Å². The van der Waals surface area contributed by atoms with Crippen molar-refractivity contribution in [3.63, 3.8) is 0 Å². The number of rotatable bonds is 3. The first-order chi connectivity index (χ1) is 7.63. The predicted molar refractivity (Wildman–Crippen MR) is 50.9 cm³/mol. The topological polar surface area (TPSA) is 78.1 Å². The van der Waals surface area contributed by atoms with E-state index in [4.69, 9.17) is 10.5 Å². The molecule has 1 aromatic rings. The molecule has 0 aliphatic carbocycles. The number of carbonyl (C=O) groups is 1. The van der Waals surface area contributed by atoms with Gasteiger partial charge in [-0.3, -0.25) is 4.79 Å². The Morgan fingerprint density at radius 3 is 2.12 bits per heavy atom. The van der Waals surface area contributed by atoms with Crippen molar-refractivity contribution in [3.8, 4) is 6.01 Å². The number of alkyl halides is 3. The van der Waals surface area contributed by atoms with Crippen molar-refractivity contribution >= 4 is 5.91 Å². The van der Waals surface area contributed by atoms with Crippen LogP contribution in [0, 0.1) is 0 Å². The summed E-state index contributed by atoms with van der Waals surface area (Å²) in [6, 6.07) is -0.346. The van der Waals surface area contributed by atoms with Crippen LogP contribution in [0.4, 0.5) is 13.2 Å². The fourth-order valence-electron chi connectivity index (χ4n) is 0.794. The van der Waals surface area contributed by atoms with Crippen LogP contribution in [0.3, 0.4) is 0 Å². The lowest BCUT2D eigenvalue weighted by atomic mass is 10.1. The number of hydrogen-bond acceptors (Lipinski definition) is 4. The zero-order valence-electron chi connectivity index (χ0n) is 9.08. The Bertz CT molecular complexity index is 414. The van der Waals surface area contributed by atoms with Crippen molar-refractivity contribution in [2.45, 2.75) is 25.6 Å². The molecule has 0 fully saturated rings. The van der Waals surface area contributed by atoms with Gasteiger partial charge in [-0.05, 0) is 13.8 Å². The third-order valence-corrected chi connectivity index (χ3v) is 1.90. The molecule has 0 aliphatic heterocycles. The largest absolute Gasteiger partial charge is 0.447 e. The molecule has 1 amide bonds. The third-order valence-electron chi connectivity index (χ3n) is 1.90. The molecule has 0 spiro atoms. The third kappa shape index (κ3) is 3.30. The van der Waals surface area contributed by atoms with Gasteiger partial charge < -0.3 is 10.5 Å². The Morgan fingerprint density at radius 2 is 1.76 bits per heavy atom. The van der Waals surface area contributed by atoms with Crippen LogP contribution in [0.15, 0.2) is 12.4 Å². The van der Waals surface area contributed by atoms with E-state index in [9.17, 15) is 18.0 Å². The molecule has 1 rings (SSSR count). The van der Waals surface area contributed by atoms with Crippen LogP contribution in [0.2, 0.25) is 0 Å². The lowest BCUT2D eigenvalue weighted by molar-refractivity contribution is -0.138. The summed E-state index contributed by atoms with van der Waals surface area (Å²) >= 11 is 0. The van der Waals surface area contributed by atoms with Crippen LogP contribution in [0.25, 0.3) is 0 Å². The van der Waals surface area contributed by atoms with Crippen LogP contribution < -0.4 is 10.5 Å². The number of nitrogens with zero attached hydrogens (tertiary/aromatic N) is 2. The Kier molecular flexibility index (Phi) is 3.25. The van der Waals surface area contributed by atoms with Crippen molar-refractivity contribution in [1.29, 1.82) is 0 Å². The molecular weight excluding hydrogens is 239 g/mol. The molecule has 2 N–H and O–H groups in total. The minimum absolute atomic E-state index is 0.346. The summed E-state index contributed by atoms with van der Waals surface area (Å²) in [6.45, 7) is 2.72. The number of primary amides is 1. The number of hydrogen-bond donors (Lipinski definition) is 1. The lowest BCUT2D eigenvalue weighted by Gasteiger charge is -2.20. The van der Waals surface area contributed by atoms with Gasteiger partial charge in [0.15, 0.2) is 5.60 Å². The Hall–Kier alpha value is -1.86. The van der Waals surface area contributed by atoms with Gasteiger partial charge in [-0.15, -0.1) is 0 Å². The molecule has 0 saturated heterocycles. The van der Waals surface area contributed by atoms with Crippen LogP contribution >= 0.6 is 0 Å². The summed E-state index contributed by atoms with van der Waals surface area (Å²) in [5.74, 6) is -0.777. The van der Waals surface area contributed by atoms with Crippen molar-refractivity contribution < 1.29 is 22.7 Å².